The topological polar surface area (TPSA) is 81.4 Å². The zero-order chi connectivity index (χ0) is 18.6. The lowest BCUT2D eigenvalue weighted by atomic mass is 10.2. The summed E-state index contributed by atoms with van der Waals surface area (Å²) in [5.74, 6) is -0.262. The van der Waals surface area contributed by atoms with Gasteiger partial charge in [-0.2, -0.15) is 4.73 Å². The SMILES string of the molecule is O=C(CSc1cccc[n+]1[O-])N(Cc1ccccc1)[C@@H]1C=CS(=O)(=O)C1. The molecule has 1 aliphatic rings. The average Bonchev–Trinajstić information content (AvgIpc) is 2.99. The van der Waals surface area contributed by atoms with Crippen LogP contribution < -0.4 is 4.73 Å². The van der Waals surface area contributed by atoms with Gasteiger partial charge < -0.3 is 10.1 Å². The summed E-state index contributed by atoms with van der Waals surface area (Å²) >= 11 is 1.14. The summed E-state index contributed by atoms with van der Waals surface area (Å²) < 4.78 is 24.2. The first-order valence-electron chi connectivity index (χ1n) is 8.00. The van der Waals surface area contributed by atoms with E-state index in [0.29, 0.717) is 16.3 Å². The van der Waals surface area contributed by atoms with Crippen molar-refractivity contribution in [1.29, 1.82) is 0 Å². The fourth-order valence-corrected chi connectivity index (χ4v) is 4.77. The minimum atomic E-state index is -3.28. The molecule has 6 nitrogen and oxygen atoms in total. The van der Waals surface area contributed by atoms with Crippen LogP contribution in [0.5, 0.6) is 0 Å². The average molecular weight is 390 g/mol. The van der Waals surface area contributed by atoms with E-state index in [4.69, 9.17) is 0 Å². The van der Waals surface area contributed by atoms with Crippen molar-refractivity contribution in [1.82, 2.24) is 4.90 Å². The third-order valence-corrected chi connectivity index (χ3v) is 6.34. The van der Waals surface area contributed by atoms with Crippen LogP contribution >= 0.6 is 11.8 Å². The molecule has 0 N–H and O–H groups in total. The Balaban J connectivity index is 1.75. The molecule has 0 saturated heterocycles. The first-order chi connectivity index (χ1) is 12.4. The van der Waals surface area contributed by atoms with Crippen LogP contribution in [0.25, 0.3) is 0 Å². The van der Waals surface area contributed by atoms with E-state index in [-0.39, 0.29) is 17.4 Å². The fourth-order valence-electron chi connectivity index (χ4n) is 2.67. The number of rotatable bonds is 6. The predicted molar refractivity (Wildman–Crippen MR) is 99.8 cm³/mol. The molecule has 1 aliphatic heterocycles. The number of pyridine rings is 1. The van der Waals surface area contributed by atoms with E-state index < -0.39 is 15.9 Å². The molecule has 1 aromatic heterocycles. The van der Waals surface area contributed by atoms with E-state index in [1.807, 2.05) is 30.3 Å². The van der Waals surface area contributed by atoms with E-state index in [1.165, 1.54) is 11.6 Å². The summed E-state index contributed by atoms with van der Waals surface area (Å²) in [6.07, 6.45) is 2.93. The molecule has 0 fully saturated rings. The highest BCUT2D eigenvalue weighted by atomic mass is 32.2. The van der Waals surface area contributed by atoms with E-state index in [2.05, 4.69) is 0 Å². The summed E-state index contributed by atoms with van der Waals surface area (Å²) in [5.41, 5.74) is 0.919. The molecule has 0 saturated carbocycles. The van der Waals surface area contributed by atoms with Crippen LogP contribution in [-0.2, 0) is 21.2 Å². The molecule has 1 atom stereocenters. The zero-order valence-corrected chi connectivity index (χ0v) is 15.5. The lowest BCUT2D eigenvalue weighted by Gasteiger charge is -2.27. The summed E-state index contributed by atoms with van der Waals surface area (Å²) in [5, 5.41) is 13.3. The van der Waals surface area contributed by atoms with Crippen LogP contribution in [0.2, 0.25) is 0 Å². The molecule has 0 spiro atoms. The quantitative estimate of drug-likeness (QED) is 0.426. The Bertz CT molecular complexity index is 914. The van der Waals surface area contributed by atoms with Gasteiger partial charge in [-0.15, -0.1) is 0 Å². The monoisotopic (exact) mass is 390 g/mol. The van der Waals surface area contributed by atoms with Crippen molar-refractivity contribution in [2.75, 3.05) is 11.5 Å². The molecule has 1 amide bonds. The molecule has 0 bridgehead atoms. The van der Waals surface area contributed by atoms with E-state index in [0.717, 1.165) is 17.3 Å². The normalized spacial score (nSPS) is 17.9. The Morgan fingerprint density at radius 1 is 1.19 bits per heavy atom. The minimum absolute atomic E-state index is 0.0590. The molecular weight excluding hydrogens is 372 g/mol. The number of amides is 1. The number of thioether (sulfide) groups is 1. The minimum Gasteiger partial charge on any atom is -0.618 e. The van der Waals surface area contributed by atoms with Crippen molar-refractivity contribution in [3.8, 4) is 0 Å². The first kappa shape index (κ1) is 18.5. The molecule has 0 unspecified atom stereocenters. The maximum Gasteiger partial charge on any atom is 0.251 e. The second kappa shape index (κ2) is 7.92. The Hall–Kier alpha value is -2.32. The van der Waals surface area contributed by atoms with Gasteiger partial charge in [0.15, 0.2) is 16.0 Å². The van der Waals surface area contributed by atoms with E-state index in [1.54, 1.807) is 29.2 Å². The van der Waals surface area contributed by atoms with Crippen molar-refractivity contribution >= 4 is 27.5 Å². The molecule has 26 heavy (non-hydrogen) atoms. The Morgan fingerprint density at radius 3 is 2.58 bits per heavy atom. The van der Waals surface area contributed by atoms with E-state index >= 15 is 0 Å². The fraction of sp³-hybridized carbons (Fsp3) is 0.222. The van der Waals surface area contributed by atoms with Crippen LogP contribution in [0.3, 0.4) is 0 Å². The van der Waals surface area contributed by atoms with Gasteiger partial charge in [-0.3, -0.25) is 4.79 Å². The largest absolute Gasteiger partial charge is 0.618 e. The Labute approximate surface area is 156 Å². The predicted octanol–water partition coefficient (Wildman–Crippen LogP) is 1.75. The number of sulfone groups is 1. The lowest BCUT2D eigenvalue weighted by molar-refractivity contribution is -0.645. The van der Waals surface area contributed by atoms with Crippen LogP contribution in [-0.4, -0.2) is 36.8 Å². The van der Waals surface area contributed by atoms with Crippen molar-refractivity contribution < 1.29 is 17.9 Å². The maximum atomic E-state index is 12.8. The standard InChI is InChI=1S/C18H18N2O4S2/c21-17(13-25-18-8-4-5-10-20(18)22)19(12-15-6-2-1-3-7-15)16-9-11-26(23,24)14-16/h1-11,16H,12-14H2/t16-/m1/s1. The third-order valence-electron chi connectivity index (χ3n) is 3.96. The number of carbonyl (C=O) groups excluding carboxylic acids is 1. The smallest absolute Gasteiger partial charge is 0.251 e. The highest BCUT2D eigenvalue weighted by Gasteiger charge is 2.30. The molecule has 1 aromatic carbocycles. The van der Waals surface area contributed by atoms with Crippen LogP contribution in [0.4, 0.5) is 0 Å². The van der Waals surface area contributed by atoms with Gasteiger partial charge in [0.25, 0.3) is 5.03 Å². The van der Waals surface area contributed by atoms with Crippen LogP contribution in [0.1, 0.15) is 5.56 Å². The molecule has 136 valence electrons. The summed E-state index contributed by atoms with van der Waals surface area (Å²) in [4.78, 5) is 14.4. The van der Waals surface area contributed by atoms with Gasteiger partial charge in [0, 0.05) is 24.1 Å². The van der Waals surface area contributed by atoms with Crippen LogP contribution in [0.15, 0.2) is 71.2 Å². The molecule has 3 rings (SSSR count). The summed E-state index contributed by atoms with van der Waals surface area (Å²) in [6.45, 7) is 0.316. The van der Waals surface area contributed by atoms with Crippen molar-refractivity contribution in [2.24, 2.45) is 0 Å². The molecule has 0 radical (unpaired) electrons. The van der Waals surface area contributed by atoms with E-state index in [9.17, 15) is 18.4 Å². The zero-order valence-electron chi connectivity index (χ0n) is 13.9. The van der Waals surface area contributed by atoms with Crippen LogP contribution in [0, 0.1) is 5.21 Å². The third kappa shape index (κ3) is 4.64. The van der Waals surface area contributed by atoms with Gasteiger partial charge in [0.05, 0.1) is 17.5 Å². The van der Waals surface area contributed by atoms with Crippen molar-refractivity contribution in [2.45, 2.75) is 17.6 Å². The number of benzene rings is 1. The number of carbonyl (C=O) groups is 1. The highest BCUT2D eigenvalue weighted by Crippen LogP contribution is 2.20. The molecule has 0 aliphatic carbocycles. The molecule has 2 aromatic rings. The number of nitrogens with zero attached hydrogens (tertiary/aromatic N) is 2. The lowest BCUT2D eigenvalue weighted by Crippen LogP contribution is -2.41. The maximum absolute atomic E-state index is 12.8. The van der Waals surface area contributed by atoms with Gasteiger partial charge in [-0.1, -0.05) is 30.3 Å². The molecule has 2 heterocycles. The van der Waals surface area contributed by atoms with Crippen molar-refractivity contribution in [3.63, 3.8) is 0 Å². The summed E-state index contributed by atoms with van der Waals surface area (Å²) in [7, 11) is -3.28. The molecule has 8 heteroatoms. The van der Waals surface area contributed by atoms with Gasteiger partial charge in [0.2, 0.25) is 5.91 Å². The van der Waals surface area contributed by atoms with Gasteiger partial charge in [-0.25, -0.2) is 8.42 Å². The number of hydrogen-bond donors (Lipinski definition) is 0. The number of hydrogen-bond acceptors (Lipinski definition) is 5. The number of aromatic nitrogens is 1. The second-order valence-electron chi connectivity index (χ2n) is 5.89. The second-order valence-corrected chi connectivity index (χ2v) is 8.81. The Kier molecular flexibility index (Phi) is 5.63. The first-order valence-corrected chi connectivity index (χ1v) is 10.7. The van der Waals surface area contributed by atoms with Gasteiger partial charge in [-0.05, 0) is 29.5 Å². The molecular formula is C18H18N2O4S2. The van der Waals surface area contributed by atoms with Gasteiger partial charge >= 0.3 is 0 Å². The summed E-state index contributed by atoms with van der Waals surface area (Å²) in [6, 6.07) is 13.9. The Morgan fingerprint density at radius 2 is 1.92 bits per heavy atom. The van der Waals surface area contributed by atoms with Gasteiger partial charge in [0.1, 0.15) is 0 Å². The van der Waals surface area contributed by atoms with Crippen molar-refractivity contribution in [3.05, 3.63) is 77.0 Å². The highest BCUT2D eigenvalue weighted by molar-refractivity contribution is 7.99.